The maximum Gasteiger partial charge on any atom is 0.220 e. The lowest BCUT2D eigenvalue weighted by molar-refractivity contribution is 0.322. The molecule has 0 radical (unpaired) electrons. The SMILES string of the molecule is CCCCCCO[PH](=O)c1ccccc1CC. The van der Waals surface area contributed by atoms with E-state index in [2.05, 4.69) is 13.8 Å². The van der Waals surface area contributed by atoms with Gasteiger partial charge in [0, 0.05) is 5.30 Å². The van der Waals surface area contributed by atoms with Crippen LogP contribution in [-0.2, 0) is 15.5 Å². The van der Waals surface area contributed by atoms with Gasteiger partial charge in [0.2, 0.25) is 8.03 Å². The zero-order valence-electron chi connectivity index (χ0n) is 10.9. The number of rotatable bonds is 8. The molecular weight excluding hydrogens is 231 g/mol. The quantitative estimate of drug-likeness (QED) is 0.518. The van der Waals surface area contributed by atoms with Crippen molar-refractivity contribution in [3.8, 4) is 0 Å². The molecule has 0 aromatic heterocycles. The van der Waals surface area contributed by atoms with Crippen molar-refractivity contribution in [1.82, 2.24) is 0 Å². The van der Waals surface area contributed by atoms with Crippen molar-refractivity contribution in [3.05, 3.63) is 29.8 Å². The highest BCUT2D eigenvalue weighted by atomic mass is 31.1. The number of benzene rings is 1. The first kappa shape index (κ1) is 14.5. The second-order valence-corrected chi connectivity index (χ2v) is 5.61. The van der Waals surface area contributed by atoms with Crippen molar-refractivity contribution in [3.63, 3.8) is 0 Å². The fourth-order valence-corrected chi connectivity index (χ4v) is 3.04. The Morgan fingerprint density at radius 1 is 1.12 bits per heavy atom. The Labute approximate surface area is 105 Å². The van der Waals surface area contributed by atoms with Gasteiger partial charge in [-0.25, -0.2) is 0 Å². The molecule has 0 fully saturated rings. The molecule has 0 N–H and O–H groups in total. The molecule has 0 amide bonds. The van der Waals surface area contributed by atoms with Crippen LogP contribution >= 0.6 is 8.03 Å². The fourth-order valence-electron chi connectivity index (χ4n) is 1.80. The lowest BCUT2D eigenvalue weighted by atomic mass is 10.2. The maximum atomic E-state index is 12.0. The third kappa shape index (κ3) is 5.06. The van der Waals surface area contributed by atoms with E-state index in [9.17, 15) is 4.57 Å². The van der Waals surface area contributed by atoms with Gasteiger partial charge in [0.25, 0.3) is 0 Å². The minimum Gasteiger partial charge on any atom is -0.327 e. The Bertz CT molecular complexity index is 350. The number of hydrogen-bond donors (Lipinski definition) is 0. The summed E-state index contributed by atoms with van der Waals surface area (Å²) in [7, 11) is -2.05. The minimum absolute atomic E-state index is 0.621. The van der Waals surface area contributed by atoms with Crippen molar-refractivity contribution >= 4 is 13.3 Å². The van der Waals surface area contributed by atoms with Crippen molar-refractivity contribution in [1.29, 1.82) is 0 Å². The van der Waals surface area contributed by atoms with Gasteiger partial charge in [0.15, 0.2) is 0 Å². The van der Waals surface area contributed by atoms with Crippen LogP contribution in [0.4, 0.5) is 0 Å². The highest BCUT2D eigenvalue weighted by Crippen LogP contribution is 2.24. The summed E-state index contributed by atoms with van der Waals surface area (Å²) in [5, 5.41) is 0.899. The Hall–Kier alpha value is -0.590. The summed E-state index contributed by atoms with van der Waals surface area (Å²) in [5.74, 6) is 0. The molecule has 1 unspecified atom stereocenters. The van der Waals surface area contributed by atoms with E-state index in [1.807, 2.05) is 24.3 Å². The molecule has 0 aliphatic carbocycles. The highest BCUT2D eigenvalue weighted by Gasteiger charge is 2.07. The molecule has 1 atom stereocenters. The minimum atomic E-state index is -2.05. The summed E-state index contributed by atoms with van der Waals surface area (Å²) in [4.78, 5) is 0. The third-order valence-electron chi connectivity index (χ3n) is 2.85. The van der Waals surface area contributed by atoms with Crippen LogP contribution in [0.5, 0.6) is 0 Å². The van der Waals surface area contributed by atoms with Crippen LogP contribution in [0, 0.1) is 0 Å². The summed E-state index contributed by atoms with van der Waals surface area (Å²) in [5.41, 5.74) is 1.14. The van der Waals surface area contributed by atoms with Crippen molar-refractivity contribution in [2.24, 2.45) is 0 Å². The van der Waals surface area contributed by atoms with Crippen LogP contribution in [0.1, 0.15) is 45.1 Å². The van der Waals surface area contributed by atoms with Gasteiger partial charge in [-0.05, 0) is 24.5 Å². The van der Waals surface area contributed by atoms with Crippen LogP contribution in [0.2, 0.25) is 0 Å². The molecule has 1 aromatic rings. The number of unbranched alkanes of at least 4 members (excludes halogenated alkanes) is 3. The van der Waals surface area contributed by atoms with Gasteiger partial charge in [-0.1, -0.05) is 51.3 Å². The first-order chi connectivity index (χ1) is 8.29. The summed E-state index contributed by atoms with van der Waals surface area (Å²) in [6.07, 6.45) is 5.54. The summed E-state index contributed by atoms with van der Waals surface area (Å²) < 4.78 is 17.5. The van der Waals surface area contributed by atoms with Gasteiger partial charge in [0.05, 0.1) is 6.61 Å². The van der Waals surface area contributed by atoms with E-state index in [0.29, 0.717) is 6.61 Å². The van der Waals surface area contributed by atoms with Crippen LogP contribution < -0.4 is 5.30 Å². The molecule has 1 rings (SSSR count). The van der Waals surface area contributed by atoms with E-state index in [-0.39, 0.29) is 0 Å². The monoisotopic (exact) mass is 254 g/mol. The van der Waals surface area contributed by atoms with Crippen LogP contribution in [0.25, 0.3) is 0 Å². The van der Waals surface area contributed by atoms with Gasteiger partial charge >= 0.3 is 0 Å². The topological polar surface area (TPSA) is 26.3 Å². The van der Waals surface area contributed by atoms with Crippen molar-refractivity contribution in [2.75, 3.05) is 6.61 Å². The van der Waals surface area contributed by atoms with E-state index in [1.165, 1.54) is 19.3 Å². The van der Waals surface area contributed by atoms with Gasteiger partial charge in [-0.15, -0.1) is 0 Å². The van der Waals surface area contributed by atoms with Gasteiger partial charge < -0.3 is 4.52 Å². The van der Waals surface area contributed by atoms with Gasteiger partial charge in [-0.3, -0.25) is 4.57 Å². The summed E-state index contributed by atoms with van der Waals surface area (Å²) >= 11 is 0. The molecule has 0 saturated heterocycles. The fraction of sp³-hybridized carbons (Fsp3) is 0.571. The molecular formula is C14H23O2P. The van der Waals surface area contributed by atoms with Crippen molar-refractivity contribution in [2.45, 2.75) is 46.0 Å². The molecule has 0 aliphatic heterocycles. The standard InChI is InChI=1S/C14H23O2P/c1-3-5-6-9-12-16-17(15)14-11-8-7-10-13(14)4-2/h7-8,10-11,17H,3-6,9,12H2,1-2H3. The third-order valence-corrected chi connectivity index (χ3v) is 4.24. The van der Waals surface area contributed by atoms with E-state index in [0.717, 1.165) is 23.7 Å². The van der Waals surface area contributed by atoms with E-state index in [1.54, 1.807) is 0 Å². The lowest BCUT2D eigenvalue weighted by Crippen LogP contribution is -2.05. The Morgan fingerprint density at radius 3 is 2.59 bits per heavy atom. The maximum absolute atomic E-state index is 12.0. The van der Waals surface area contributed by atoms with E-state index in [4.69, 9.17) is 4.52 Å². The molecule has 0 spiro atoms. The van der Waals surface area contributed by atoms with E-state index < -0.39 is 8.03 Å². The van der Waals surface area contributed by atoms with Crippen LogP contribution in [0.3, 0.4) is 0 Å². The zero-order valence-corrected chi connectivity index (χ0v) is 11.9. The number of aryl methyl sites for hydroxylation is 1. The molecule has 0 saturated carbocycles. The molecule has 2 nitrogen and oxygen atoms in total. The predicted molar refractivity (Wildman–Crippen MR) is 74.5 cm³/mol. The molecule has 17 heavy (non-hydrogen) atoms. The van der Waals surface area contributed by atoms with Crippen LogP contribution in [0.15, 0.2) is 24.3 Å². The summed E-state index contributed by atoms with van der Waals surface area (Å²) in [6.45, 7) is 4.88. The average molecular weight is 254 g/mol. The van der Waals surface area contributed by atoms with Crippen molar-refractivity contribution < 1.29 is 9.09 Å². The molecule has 96 valence electrons. The van der Waals surface area contributed by atoms with Gasteiger partial charge in [0.1, 0.15) is 0 Å². The average Bonchev–Trinajstić information content (AvgIpc) is 2.38. The largest absolute Gasteiger partial charge is 0.327 e. The lowest BCUT2D eigenvalue weighted by Gasteiger charge is -2.08. The van der Waals surface area contributed by atoms with E-state index >= 15 is 0 Å². The molecule has 1 aromatic carbocycles. The molecule has 0 heterocycles. The highest BCUT2D eigenvalue weighted by molar-refractivity contribution is 7.48. The number of hydrogen-bond acceptors (Lipinski definition) is 2. The van der Waals surface area contributed by atoms with Gasteiger partial charge in [-0.2, -0.15) is 0 Å². The smallest absolute Gasteiger partial charge is 0.220 e. The Morgan fingerprint density at radius 2 is 1.88 bits per heavy atom. The molecule has 3 heteroatoms. The normalized spacial score (nSPS) is 12.6. The summed E-state index contributed by atoms with van der Waals surface area (Å²) in [6, 6.07) is 7.86. The first-order valence-corrected chi connectivity index (χ1v) is 7.86. The molecule has 0 bridgehead atoms. The second kappa shape index (κ2) is 8.49. The zero-order chi connectivity index (χ0) is 12.5. The Balaban J connectivity index is 2.41. The first-order valence-electron chi connectivity index (χ1n) is 6.54. The van der Waals surface area contributed by atoms with Crippen LogP contribution in [-0.4, -0.2) is 6.61 Å². The second-order valence-electron chi connectivity index (χ2n) is 4.21. The molecule has 0 aliphatic rings. The Kier molecular flexibility index (Phi) is 7.23. The predicted octanol–water partition coefficient (Wildman–Crippen LogP) is 3.95.